The van der Waals surface area contributed by atoms with E-state index in [9.17, 15) is 0 Å². The Morgan fingerprint density at radius 1 is 1.09 bits per heavy atom. The van der Waals surface area contributed by atoms with Crippen molar-refractivity contribution in [3.63, 3.8) is 0 Å². The summed E-state index contributed by atoms with van der Waals surface area (Å²) in [4.78, 5) is 2.27. The number of fused-ring (bicyclic) bond motifs is 1. The van der Waals surface area contributed by atoms with Gasteiger partial charge in [-0.2, -0.15) is 0 Å². The molecule has 0 saturated carbocycles. The van der Waals surface area contributed by atoms with Crippen LogP contribution in [0.2, 0.25) is 5.02 Å². The van der Waals surface area contributed by atoms with Gasteiger partial charge in [0.25, 0.3) is 0 Å². The summed E-state index contributed by atoms with van der Waals surface area (Å²) in [5.74, 6) is 1.12. The highest BCUT2D eigenvalue weighted by Gasteiger charge is 2.20. The second kappa shape index (κ2) is 5.46. The molecule has 0 saturated heterocycles. The summed E-state index contributed by atoms with van der Waals surface area (Å²) in [6.07, 6.45) is 1.06. The van der Waals surface area contributed by atoms with Crippen LogP contribution in [-0.4, -0.2) is 16.7 Å². The average molecular weight is 312 g/mol. The summed E-state index contributed by atoms with van der Waals surface area (Å²) in [6.45, 7) is 1.61. The highest BCUT2D eigenvalue weighted by Crippen LogP contribution is 2.29. The van der Waals surface area contributed by atoms with E-state index in [0.29, 0.717) is 23.3 Å². The summed E-state index contributed by atoms with van der Waals surface area (Å²) >= 11 is 6.00. The molecule has 0 atom stereocenters. The van der Waals surface area contributed by atoms with Gasteiger partial charge in [0.1, 0.15) is 0 Å². The van der Waals surface area contributed by atoms with Crippen molar-refractivity contribution in [2.45, 2.75) is 13.0 Å². The molecule has 2 heterocycles. The molecule has 1 aliphatic heterocycles. The monoisotopic (exact) mass is 311 g/mol. The Morgan fingerprint density at radius 3 is 2.91 bits per heavy atom. The Labute approximate surface area is 133 Å². The van der Waals surface area contributed by atoms with Gasteiger partial charge in [0.2, 0.25) is 11.8 Å². The zero-order valence-corrected chi connectivity index (χ0v) is 12.6. The van der Waals surface area contributed by atoms with E-state index in [1.54, 1.807) is 0 Å². The summed E-state index contributed by atoms with van der Waals surface area (Å²) in [5, 5.41) is 8.94. The number of nitrogens with zero attached hydrogens (tertiary/aromatic N) is 3. The number of para-hydroxylation sites is 1. The number of hydrogen-bond donors (Lipinski definition) is 0. The molecule has 0 unspecified atom stereocenters. The van der Waals surface area contributed by atoms with Gasteiger partial charge in [-0.25, -0.2) is 0 Å². The maximum atomic E-state index is 6.00. The average Bonchev–Trinajstić information content (AvgIpc) is 3.16. The van der Waals surface area contributed by atoms with Gasteiger partial charge in [-0.15, -0.1) is 10.2 Å². The fourth-order valence-electron chi connectivity index (χ4n) is 2.79. The first-order valence-corrected chi connectivity index (χ1v) is 7.58. The van der Waals surface area contributed by atoms with Crippen LogP contribution in [0.25, 0.3) is 11.5 Å². The van der Waals surface area contributed by atoms with Crippen molar-refractivity contribution in [2.24, 2.45) is 0 Å². The predicted octanol–water partition coefficient (Wildman–Crippen LogP) is 3.95. The van der Waals surface area contributed by atoms with Crippen molar-refractivity contribution in [1.82, 2.24) is 10.2 Å². The molecule has 0 aliphatic carbocycles. The maximum Gasteiger partial charge on any atom is 0.247 e. The maximum absolute atomic E-state index is 6.00. The summed E-state index contributed by atoms with van der Waals surface area (Å²) in [7, 11) is 0. The molecular formula is C17H14ClN3O. The fourth-order valence-corrected chi connectivity index (χ4v) is 2.98. The Morgan fingerprint density at radius 2 is 2.00 bits per heavy atom. The van der Waals surface area contributed by atoms with Gasteiger partial charge in [-0.3, -0.25) is 0 Å². The number of anilines is 1. The normalized spacial score (nSPS) is 13.4. The molecule has 2 aromatic carbocycles. The SMILES string of the molecule is Clc1cccc(-c2nnc(CN3CCc4ccccc43)o2)c1. The molecule has 0 radical (unpaired) electrons. The van der Waals surface area contributed by atoms with Gasteiger partial charge in [0.15, 0.2) is 0 Å². The smallest absolute Gasteiger partial charge is 0.247 e. The quantitative estimate of drug-likeness (QED) is 0.734. The third-order valence-corrected chi connectivity index (χ3v) is 4.08. The summed E-state index contributed by atoms with van der Waals surface area (Å²) in [5.41, 5.74) is 3.47. The first kappa shape index (κ1) is 13.3. The number of benzene rings is 2. The van der Waals surface area contributed by atoms with E-state index >= 15 is 0 Å². The third-order valence-electron chi connectivity index (χ3n) is 3.85. The predicted molar refractivity (Wildman–Crippen MR) is 85.9 cm³/mol. The van der Waals surface area contributed by atoms with Crippen molar-refractivity contribution in [1.29, 1.82) is 0 Å². The van der Waals surface area contributed by atoms with Crippen LogP contribution in [0.1, 0.15) is 11.5 Å². The highest BCUT2D eigenvalue weighted by atomic mass is 35.5. The highest BCUT2D eigenvalue weighted by molar-refractivity contribution is 6.30. The lowest BCUT2D eigenvalue weighted by molar-refractivity contribution is 0.500. The van der Waals surface area contributed by atoms with Crippen molar-refractivity contribution in [2.75, 3.05) is 11.4 Å². The van der Waals surface area contributed by atoms with E-state index in [4.69, 9.17) is 16.0 Å². The van der Waals surface area contributed by atoms with E-state index in [0.717, 1.165) is 18.5 Å². The summed E-state index contributed by atoms with van der Waals surface area (Å²) in [6, 6.07) is 15.9. The van der Waals surface area contributed by atoms with Crippen LogP contribution < -0.4 is 4.90 Å². The molecule has 0 spiro atoms. The van der Waals surface area contributed by atoms with E-state index in [2.05, 4.69) is 39.4 Å². The van der Waals surface area contributed by atoms with E-state index in [1.165, 1.54) is 11.3 Å². The molecule has 4 rings (SSSR count). The third kappa shape index (κ3) is 2.46. The summed E-state index contributed by atoms with van der Waals surface area (Å²) < 4.78 is 5.78. The first-order chi connectivity index (χ1) is 10.8. The van der Waals surface area contributed by atoms with Crippen molar-refractivity contribution >= 4 is 17.3 Å². The Bertz CT molecular complexity index is 815. The van der Waals surface area contributed by atoms with Gasteiger partial charge < -0.3 is 9.32 Å². The van der Waals surface area contributed by atoms with Crippen LogP contribution in [0.5, 0.6) is 0 Å². The van der Waals surface area contributed by atoms with Crippen molar-refractivity contribution in [3.8, 4) is 11.5 Å². The zero-order valence-electron chi connectivity index (χ0n) is 11.9. The second-order valence-corrected chi connectivity index (χ2v) is 5.75. The lowest BCUT2D eigenvalue weighted by Crippen LogP contribution is -2.19. The van der Waals surface area contributed by atoms with Crippen LogP contribution in [0.3, 0.4) is 0 Å². The lowest BCUT2D eigenvalue weighted by atomic mass is 10.2. The van der Waals surface area contributed by atoms with E-state index in [1.807, 2.05) is 24.3 Å². The van der Waals surface area contributed by atoms with Crippen LogP contribution in [0.15, 0.2) is 52.9 Å². The topological polar surface area (TPSA) is 42.2 Å². The number of aromatic nitrogens is 2. The van der Waals surface area contributed by atoms with Crippen LogP contribution in [-0.2, 0) is 13.0 Å². The molecule has 0 amide bonds. The molecule has 1 aliphatic rings. The van der Waals surface area contributed by atoms with Gasteiger partial charge in [-0.1, -0.05) is 35.9 Å². The molecule has 0 fully saturated rings. The zero-order chi connectivity index (χ0) is 14.9. The van der Waals surface area contributed by atoms with Crippen LogP contribution in [0.4, 0.5) is 5.69 Å². The molecule has 3 aromatic rings. The molecule has 22 heavy (non-hydrogen) atoms. The Kier molecular flexibility index (Phi) is 3.31. The van der Waals surface area contributed by atoms with Gasteiger partial charge in [0.05, 0.1) is 6.54 Å². The minimum absolute atomic E-state index is 0.505. The fraction of sp³-hybridized carbons (Fsp3) is 0.176. The minimum Gasteiger partial charge on any atom is -0.419 e. The molecule has 5 heteroatoms. The Balaban J connectivity index is 1.56. The van der Waals surface area contributed by atoms with Gasteiger partial charge >= 0.3 is 0 Å². The van der Waals surface area contributed by atoms with Crippen molar-refractivity contribution in [3.05, 3.63) is 65.0 Å². The molecular weight excluding hydrogens is 298 g/mol. The van der Waals surface area contributed by atoms with E-state index in [-0.39, 0.29) is 0 Å². The number of halogens is 1. The van der Waals surface area contributed by atoms with Gasteiger partial charge in [0, 0.05) is 22.8 Å². The second-order valence-electron chi connectivity index (χ2n) is 5.31. The molecule has 110 valence electrons. The molecule has 0 N–H and O–H groups in total. The lowest BCUT2D eigenvalue weighted by Gasteiger charge is -2.16. The van der Waals surface area contributed by atoms with Crippen LogP contribution >= 0.6 is 11.6 Å². The van der Waals surface area contributed by atoms with Gasteiger partial charge in [-0.05, 0) is 36.2 Å². The van der Waals surface area contributed by atoms with E-state index < -0.39 is 0 Å². The van der Waals surface area contributed by atoms with Crippen molar-refractivity contribution < 1.29 is 4.42 Å². The molecule has 4 nitrogen and oxygen atoms in total. The number of rotatable bonds is 3. The standard InChI is InChI=1S/C17H14ClN3O/c18-14-6-3-5-13(10-14)17-20-19-16(22-17)11-21-9-8-12-4-1-2-7-15(12)21/h1-7,10H,8-9,11H2. The van der Waals surface area contributed by atoms with Crippen LogP contribution in [0, 0.1) is 0 Å². The molecule has 1 aromatic heterocycles. The largest absolute Gasteiger partial charge is 0.419 e. The minimum atomic E-state index is 0.505. The number of hydrogen-bond acceptors (Lipinski definition) is 4. The Hall–Kier alpha value is -2.33. The molecule has 0 bridgehead atoms. The first-order valence-electron chi connectivity index (χ1n) is 7.21.